The van der Waals surface area contributed by atoms with Gasteiger partial charge in [-0.3, -0.25) is 0 Å². The van der Waals surface area contributed by atoms with Crippen LogP contribution in [-0.4, -0.2) is 19.1 Å². The van der Waals surface area contributed by atoms with Crippen molar-refractivity contribution in [3.63, 3.8) is 0 Å². The number of nitrogens with two attached hydrogens (primary N) is 1. The van der Waals surface area contributed by atoms with Crippen LogP contribution in [0.4, 0.5) is 5.69 Å². The molecule has 1 aromatic rings. The predicted octanol–water partition coefficient (Wildman–Crippen LogP) is 2.23. The molecule has 0 amide bonds. The van der Waals surface area contributed by atoms with Crippen LogP contribution in [0, 0.1) is 13.8 Å². The zero-order valence-electron chi connectivity index (χ0n) is 9.88. The van der Waals surface area contributed by atoms with E-state index in [0.717, 1.165) is 6.54 Å². The lowest BCUT2D eigenvalue weighted by Gasteiger charge is -2.30. The van der Waals surface area contributed by atoms with E-state index in [1.54, 1.807) is 0 Å². The van der Waals surface area contributed by atoms with Crippen molar-refractivity contribution in [2.24, 2.45) is 5.73 Å². The first-order valence-electron chi connectivity index (χ1n) is 5.60. The summed E-state index contributed by atoms with van der Waals surface area (Å²) in [5.74, 6) is 0. The lowest BCUT2D eigenvalue weighted by Crippen LogP contribution is -2.40. The highest BCUT2D eigenvalue weighted by Crippen LogP contribution is 2.43. The number of hydrogen-bond acceptors (Lipinski definition) is 2. The maximum Gasteiger partial charge on any atom is 0.0522 e. The summed E-state index contributed by atoms with van der Waals surface area (Å²) in [5, 5.41) is 0. The van der Waals surface area contributed by atoms with E-state index >= 15 is 0 Å². The summed E-state index contributed by atoms with van der Waals surface area (Å²) in [5.41, 5.74) is 10.1. The third kappa shape index (κ3) is 1.74. The van der Waals surface area contributed by atoms with Gasteiger partial charge in [0, 0.05) is 19.3 Å². The van der Waals surface area contributed by atoms with Crippen LogP contribution < -0.4 is 10.6 Å². The fraction of sp³-hybridized carbons (Fsp3) is 0.538. The van der Waals surface area contributed by atoms with Gasteiger partial charge < -0.3 is 10.6 Å². The number of rotatable bonds is 3. The highest BCUT2D eigenvalue weighted by Gasteiger charge is 2.45. The molecule has 0 atom stereocenters. The summed E-state index contributed by atoms with van der Waals surface area (Å²) < 4.78 is 0. The van der Waals surface area contributed by atoms with E-state index in [4.69, 9.17) is 5.73 Å². The monoisotopic (exact) mass is 204 g/mol. The molecule has 1 aliphatic carbocycles. The van der Waals surface area contributed by atoms with Gasteiger partial charge in [-0.2, -0.15) is 0 Å². The minimum Gasteiger partial charge on any atom is -0.367 e. The molecule has 82 valence electrons. The Morgan fingerprint density at radius 1 is 1.33 bits per heavy atom. The molecule has 2 heteroatoms. The third-order valence-electron chi connectivity index (χ3n) is 3.63. The van der Waals surface area contributed by atoms with Gasteiger partial charge in [0.1, 0.15) is 0 Å². The van der Waals surface area contributed by atoms with Crippen molar-refractivity contribution in [2.75, 3.05) is 18.5 Å². The number of aryl methyl sites for hydroxylation is 2. The van der Waals surface area contributed by atoms with Gasteiger partial charge in [-0.05, 0) is 38.3 Å². The van der Waals surface area contributed by atoms with Crippen LogP contribution in [0.5, 0.6) is 0 Å². The van der Waals surface area contributed by atoms with Crippen molar-refractivity contribution in [3.05, 3.63) is 29.3 Å². The molecule has 1 aliphatic rings. The Kier molecular flexibility index (Phi) is 2.47. The second kappa shape index (κ2) is 3.53. The van der Waals surface area contributed by atoms with Crippen LogP contribution in [0.25, 0.3) is 0 Å². The SMILES string of the molecule is Cc1ccc(N(C)C2(CN)CC2)c(C)c1. The summed E-state index contributed by atoms with van der Waals surface area (Å²) in [6.45, 7) is 5.06. The molecule has 0 aromatic heterocycles. The average molecular weight is 204 g/mol. The maximum absolute atomic E-state index is 5.85. The molecule has 1 fully saturated rings. The van der Waals surface area contributed by atoms with E-state index in [2.05, 4.69) is 44.0 Å². The van der Waals surface area contributed by atoms with E-state index in [-0.39, 0.29) is 5.54 Å². The fourth-order valence-corrected chi connectivity index (χ4v) is 2.26. The molecule has 1 aromatic carbocycles. The standard InChI is InChI=1S/C13H20N2/c1-10-4-5-12(11(2)8-10)15(3)13(9-14)6-7-13/h4-5,8H,6-7,9,14H2,1-3H3. The second-order valence-corrected chi connectivity index (χ2v) is 4.78. The molecule has 0 spiro atoms. The first kappa shape index (κ1) is 10.5. The summed E-state index contributed by atoms with van der Waals surface area (Å²) in [7, 11) is 2.16. The van der Waals surface area contributed by atoms with E-state index in [9.17, 15) is 0 Å². The van der Waals surface area contributed by atoms with E-state index in [1.165, 1.54) is 29.7 Å². The molecule has 15 heavy (non-hydrogen) atoms. The lowest BCUT2D eigenvalue weighted by atomic mass is 10.1. The molecule has 0 heterocycles. The second-order valence-electron chi connectivity index (χ2n) is 4.78. The normalized spacial score (nSPS) is 17.6. The first-order valence-corrected chi connectivity index (χ1v) is 5.60. The lowest BCUT2D eigenvalue weighted by molar-refractivity contribution is 0.635. The van der Waals surface area contributed by atoms with Gasteiger partial charge in [0.05, 0.1) is 5.54 Å². The van der Waals surface area contributed by atoms with Crippen molar-refractivity contribution < 1.29 is 0 Å². The highest BCUT2D eigenvalue weighted by molar-refractivity contribution is 5.57. The Morgan fingerprint density at radius 2 is 2.00 bits per heavy atom. The highest BCUT2D eigenvalue weighted by atomic mass is 15.2. The van der Waals surface area contributed by atoms with Gasteiger partial charge in [-0.25, -0.2) is 0 Å². The number of nitrogens with zero attached hydrogens (tertiary/aromatic N) is 1. The smallest absolute Gasteiger partial charge is 0.0522 e. The molecule has 0 radical (unpaired) electrons. The molecule has 2 nitrogen and oxygen atoms in total. The maximum atomic E-state index is 5.85. The van der Waals surface area contributed by atoms with Crippen molar-refractivity contribution in [3.8, 4) is 0 Å². The van der Waals surface area contributed by atoms with Crippen LogP contribution in [0.3, 0.4) is 0 Å². The number of hydrogen-bond donors (Lipinski definition) is 1. The minimum absolute atomic E-state index is 0.250. The Morgan fingerprint density at radius 3 is 2.47 bits per heavy atom. The van der Waals surface area contributed by atoms with Gasteiger partial charge >= 0.3 is 0 Å². The molecule has 0 unspecified atom stereocenters. The Hall–Kier alpha value is -1.02. The van der Waals surface area contributed by atoms with Crippen LogP contribution >= 0.6 is 0 Å². The van der Waals surface area contributed by atoms with E-state index in [0.29, 0.717) is 0 Å². The first-order chi connectivity index (χ1) is 7.09. The number of likely N-dealkylation sites (N-methyl/N-ethyl adjacent to an activating group) is 1. The Bertz CT molecular complexity index is 367. The minimum atomic E-state index is 0.250. The molecular formula is C13H20N2. The summed E-state index contributed by atoms with van der Waals surface area (Å²) in [6, 6.07) is 6.62. The molecule has 0 bridgehead atoms. The number of benzene rings is 1. The summed E-state index contributed by atoms with van der Waals surface area (Å²) in [6.07, 6.45) is 2.46. The Labute approximate surface area is 92.1 Å². The largest absolute Gasteiger partial charge is 0.367 e. The van der Waals surface area contributed by atoms with Crippen LogP contribution in [0.2, 0.25) is 0 Å². The molecule has 2 N–H and O–H groups in total. The van der Waals surface area contributed by atoms with E-state index < -0.39 is 0 Å². The zero-order valence-corrected chi connectivity index (χ0v) is 9.88. The summed E-state index contributed by atoms with van der Waals surface area (Å²) >= 11 is 0. The molecule has 0 saturated heterocycles. The zero-order chi connectivity index (χ0) is 11.1. The van der Waals surface area contributed by atoms with Crippen molar-refractivity contribution >= 4 is 5.69 Å². The quantitative estimate of drug-likeness (QED) is 0.818. The van der Waals surface area contributed by atoms with Crippen molar-refractivity contribution in [1.29, 1.82) is 0 Å². The topological polar surface area (TPSA) is 29.3 Å². The van der Waals surface area contributed by atoms with Crippen LogP contribution in [-0.2, 0) is 0 Å². The van der Waals surface area contributed by atoms with Crippen LogP contribution in [0.1, 0.15) is 24.0 Å². The van der Waals surface area contributed by atoms with Crippen LogP contribution in [0.15, 0.2) is 18.2 Å². The van der Waals surface area contributed by atoms with E-state index in [1.807, 2.05) is 0 Å². The van der Waals surface area contributed by atoms with Gasteiger partial charge in [0.15, 0.2) is 0 Å². The molecular weight excluding hydrogens is 184 g/mol. The van der Waals surface area contributed by atoms with Gasteiger partial charge in [0.25, 0.3) is 0 Å². The molecule has 0 aliphatic heterocycles. The average Bonchev–Trinajstić information content (AvgIpc) is 2.97. The predicted molar refractivity (Wildman–Crippen MR) is 65.3 cm³/mol. The van der Waals surface area contributed by atoms with Gasteiger partial charge in [0.2, 0.25) is 0 Å². The fourth-order valence-electron chi connectivity index (χ4n) is 2.26. The van der Waals surface area contributed by atoms with Gasteiger partial charge in [-0.1, -0.05) is 17.7 Å². The van der Waals surface area contributed by atoms with Gasteiger partial charge in [-0.15, -0.1) is 0 Å². The molecule has 2 rings (SSSR count). The van der Waals surface area contributed by atoms with Crippen molar-refractivity contribution in [2.45, 2.75) is 32.2 Å². The summed E-state index contributed by atoms with van der Waals surface area (Å²) in [4.78, 5) is 2.36. The number of anilines is 1. The van der Waals surface area contributed by atoms with Crippen molar-refractivity contribution in [1.82, 2.24) is 0 Å². The Balaban J connectivity index is 2.29. The molecule has 1 saturated carbocycles. The third-order valence-corrected chi connectivity index (χ3v) is 3.63.